The highest BCUT2D eigenvalue weighted by molar-refractivity contribution is 7.20. The third kappa shape index (κ3) is 5.74. The normalized spacial score (nSPS) is 12.2. The number of nitrogens with zero attached hydrogens (tertiary/aromatic N) is 2. The predicted octanol–water partition coefficient (Wildman–Crippen LogP) is 5.66. The molecule has 0 saturated carbocycles. The quantitative estimate of drug-likeness (QED) is 0.262. The lowest BCUT2D eigenvalue weighted by molar-refractivity contribution is -0.144. The number of terminal acetylenes is 1. The average Bonchev–Trinajstić information content (AvgIpc) is 3.55. The van der Waals surface area contributed by atoms with Gasteiger partial charge in [-0.25, -0.2) is 9.97 Å². The van der Waals surface area contributed by atoms with Crippen molar-refractivity contribution in [1.29, 1.82) is 0 Å². The fourth-order valence-electron chi connectivity index (χ4n) is 3.69. The van der Waals surface area contributed by atoms with Gasteiger partial charge in [0.05, 0.1) is 36.6 Å². The molecule has 0 bridgehead atoms. The van der Waals surface area contributed by atoms with Crippen LogP contribution in [-0.4, -0.2) is 36.6 Å². The maximum Gasteiger partial charge on any atom is 0.451 e. The number of carbonyl (C=O) groups excluding carboxylic acids is 1. The molecule has 0 aliphatic carbocycles. The van der Waals surface area contributed by atoms with E-state index in [0.717, 1.165) is 22.5 Å². The van der Waals surface area contributed by atoms with Crippen molar-refractivity contribution in [3.05, 3.63) is 58.4 Å². The fraction of sp³-hybridized carbons (Fsp3) is 0.269. The number of furan rings is 1. The van der Waals surface area contributed by atoms with Crippen LogP contribution in [0.5, 0.6) is 5.75 Å². The van der Waals surface area contributed by atoms with Gasteiger partial charge in [-0.3, -0.25) is 4.79 Å². The van der Waals surface area contributed by atoms with E-state index >= 15 is 0 Å². The molecule has 0 radical (unpaired) electrons. The smallest absolute Gasteiger partial charge is 0.451 e. The third-order valence-corrected chi connectivity index (χ3v) is 6.54. The summed E-state index contributed by atoms with van der Waals surface area (Å²) < 4.78 is 57.3. The standard InChI is InChI=1S/C26H23F3N4O4S/c1-5-10-30-23(34)21-12-18-22(32-25(26(27,28)29)33-24(18)38-21)31-14(2)19-8-9-20(37-19)17-11-16(36-4)7-6-15(17)13-35-3/h1,6-9,11-12,14H,10,13H2,2-4H3,(H,30,34)(H,31,32,33). The first-order valence-corrected chi connectivity index (χ1v) is 12.1. The van der Waals surface area contributed by atoms with Crippen LogP contribution < -0.4 is 15.4 Å². The number of anilines is 1. The Kier molecular flexibility index (Phi) is 7.89. The summed E-state index contributed by atoms with van der Waals surface area (Å²) >= 11 is 0.815. The van der Waals surface area contributed by atoms with Crippen LogP contribution in [0.3, 0.4) is 0 Å². The number of hydrogen-bond donors (Lipinski definition) is 2. The minimum Gasteiger partial charge on any atom is -0.497 e. The summed E-state index contributed by atoms with van der Waals surface area (Å²) in [5, 5.41) is 5.74. The van der Waals surface area contributed by atoms with Gasteiger partial charge in [0, 0.05) is 12.7 Å². The first kappa shape index (κ1) is 27.0. The van der Waals surface area contributed by atoms with Gasteiger partial charge in [-0.2, -0.15) is 13.2 Å². The van der Waals surface area contributed by atoms with Gasteiger partial charge in [0.1, 0.15) is 27.9 Å². The molecule has 4 aromatic rings. The molecule has 3 heterocycles. The molecule has 0 aliphatic rings. The van der Waals surface area contributed by atoms with Gasteiger partial charge in [0.15, 0.2) is 0 Å². The molecule has 0 aliphatic heterocycles. The highest BCUT2D eigenvalue weighted by Gasteiger charge is 2.36. The Hall–Kier alpha value is -4.08. The molecule has 38 heavy (non-hydrogen) atoms. The second-order valence-electron chi connectivity index (χ2n) is 8.13. The van der Waals surface area contributed by atoms with Gasteiger partial charge in [0.25, 0.3) is 5.91 Å². The molecule has 0 fully saturated rings. The number of carbonyl (C=O) groups is 1. The highest BCUT2D eigenvalue weighted by Crippen LogP contribution is 2.36. The number of amides is 1. The van der Waals surface area contributed by atoms with Crippen molar-refractivity contribution in [3.8, 4) is 29.4 Å². The Bertz CT molecular complexity index is 1510. The Morgan fingerprint density at radius 3 is 2.68 bits per heavy atom. The molecule has 8 nitrogen and oxygen atoms in total. The van der Waals surface area contributed by atoms with Crippen molar-refractivity contribution >= 4 is 33.3 Å². The summed E-state index contributed by atoms with van der Waals surface area (Å²) in [4.78, 5) is 19.9. The summed E-state index contributed by atoms with van der Waals surface area (Å²) in [5.74, 6) is 1.98. The zero-order valence-corrected chi connectivity index (χ0v) is 21.4. The summed E-state index contributed by atoms with van der Waals surface area (Å²) in [7, 11) is 3.14. The van der Waals surface area contributed by atoms with Crippen molar-refractivity contribution in [2.75, 3.05) is 26.1 Å². The Morgan fingerprint density at radius 1 is 1.21 bits per heavy atom. The number of alkyl halides is 3. The number of rotatable bonds is 9. The van der Waals surface area contributed by atoms with Gasteiger partial charge in [-0.1, -0.05) is 12.0 Å². The molecule has 1 amide bonds. The second-order valence-corrected chi connectivity index (χ2v) is 9.16. The molecule has 0 saturated heterocycles. The van der Waals surface area contributed by atoms with Crippen LogP contribution in [0.4, 0.5) is 19.0 Å². The van der Waals surface area contributed by atoms with E-state index in [1.165, 1.54) is 6.07 Å². The van der Waals surface area contributed by atoms with E-state index in [9.17, 15) is 18.0 Å². The highest BCUT2D eigenvalue weighted by atomic mass is 32.1. The Balaban J connectivity index is 1.68. The maximum absolute atomic E-state index is 13.6. The number of halogens is 3. The SMILES string of the molecule is C#CCNC(=O)c1cc2c(NC(C)c3ccc(-c4cc(OC)ccc4COC)o3)nc(C(F)(F)F)nc2s1. The zero-order chi connectivity index (χ0) is 27.4. The average molecular weight is 545 g/mol. The number of ether oxygens (including phenoxy) is 2. The first-order chi connectivity index (χ1) is 18.1. The lowest BCUT2D eigenvalue weighted by atomic mass is 10.1. The summed E-state index contributed by atoms with van der Waals surface area (Å²) in [6.45, 7) is 2.05. The number of aromatic nitrogens is 2. The molecule has 1 atom stereocenters. The van der Waals surface area contributed by atoms with E-state index in [4.69, 9.17) is 20.3 Å². The zero-order valence-electron chi connectivity index (χ0n) is 20.6. The lowest BCUT2D eigenvalue weighted by Crippen LogP contribution is -2.22. The monoisotopic (exact) mass is 544 g/mol. The van der Waals surface area contributed by atoms with Crippen LogP contribution in [-0.2, 0) is 17.5 Å². The molecule has 0 spiro atoms. The van der Waals surface area contributed by atoms with Gasteiger partial charge in [-0.05, 0) is 42.8 Å². The van der Waals surface area contributed by atoms with Crippen LogP contribution in [0, 0.1) is 12.3 Å². The molecule has 3 aromatic heterocycles. The topological polar surface area (TPSA) is 98.5 Å². The van der Waals surface area contributed by atoms with Crippen LogP contribution >= 0.6 is 11.3 Å². The second kappa shape index (κ2) is 11.1. The summed E-state index contributed by atoms with van der Waals surface area (Å²) in [6.07, 6.45) is 0.382. The van der Waals surface area contributed by atoms with Crippen molar-refractivity contribution in [2.24, 2.45) is 0 Å². The minimum absolute atomic E-state index is 0.00797. The summed E-state index contributed by atoms with van der Waals surface area (Å²) in [6, 6.07) is 9.82. The minimum atomic E-state index is -4.79. The van der Waals surface area contributed by atoms with Crippen LogP contribution in [0.15, 0.2) is 40.8 Å². The van der Waals surface area contributed by atoms with E-state index in [-0.39, 0.29) is 27.5 Å². The first-order valence-electron chi connectivity index (χ1n) is 11.3. The predicted molar refractivity (Wildman–Crippen MR) is 137 cm³/mol. The molecule has 4 rings (SSSR count). The van der Waals surface area contributed by atoms with E-state index in [1.807, 2.05) is 18.2 Å². The molecule has 1 unspecified atom stereocenters. The fourth-order valence-corrected chi connectivity index (χ4v) is 4.64. The van der Waals surface area contributed by atoms with E-state index in [2.05, 4.69) is 26.5 Å². The number of hydrogen-bond acceptors (Lipinski definition) is 8. The molecular weight excluding hydrogens is 521 g/mol. The van der Waals surface area contributed by atoms with E-state index in [1.54, 1.807) is 33.3 Å². The molecular formula is C26H23F3N4O4S. The third-order valence-electron chi connectivity index (χ3n) is 5.51. The van der Waals surface area contributed by atoms with Crippen molar-refractivity contribution in [2.45, 2.75) is 25.7 Å². The number of fused-ring (bicyclic) bond motifs is 1. The van der Waals surface area contributed by atoms with Crippen molar-refractivity contribution in [3.63, 3.8) is 0 Å². The number of methoxy groups -OCH3 is 2. The molecule has 12 heteroatoms. The van der Waals surface area contributed by atoms with E-state index < -0.39 is 23.9 Å². The number of thiophene rings is 1. The van der Waals surface area contributed by atoms with Crippen molar-refractivity contribution in [1.82, 2.24) is 15.3 Å². The molecule has 1 aromatic carbocycles. The van der Waals surface area contributed by atoms with Gasteiger partial charge in [0.2, 0.25) is 5.82 Å². The molecule has 198 valence electrons. The van der Waals surface area contributed by atoms with Crippen LogP contribution in [0.2, 0.25) is 0 Å². The number of nitrogens with one attached hydrogen (secondary N) is 2. The maximum atomic E-state index is 13.6. The lowest BCUT2D eigenvalue weighted by Gasteiger charge is -2.15. The van der Waals surface area contributed by atoms with Gasteiger partial charge < -0.3 is 24.5 Å². The van der Waals surface area contributed by atoms with E-state index in [0.29, 0.717) is 23.9 Å². The van der Waals surface area contributed by atoms with Gasteiger partial charge >= 0.3 is 6.18 Å². The number of benzene rings is 1. The van der Waals surface area contributed by atoms with Crippen LogP contribution in [0.1, 0.15) is 39.8 Å². The van der Waals surface area contributed by atoms with Crippen LogP contribution in [0.25, 0.3) is 21.5 Å². The Morgan fingerprint density at radius 2 is 2.00 bits per heavy atom. The summed E-state index contributed by atoms with van der Waals surface area (Å²) in [5.41, 5.74) is 1.63. The van der Waals surface area contributed by atoms with Crippen molar-refractivity contribution < 1.29 is 31.9 Å². The van der Waals surface area contributed by atoms with Gasteiger partial charge in [-0.15, -0.1) is 17.8 Å². The largest absolute Gasteiger partial charge is 0.497 e. The molecule has 2 N–H and O–H groups in total. The Labute approximate surface area is 220 Å².